The minimum Gasteiger partial charge on any atom is -0.463 e. The fraction of sp³-hybridized carbons (Fsp3) is 0.818. The summed E-state index contributed by atoms with van der Waals surface area (Å²) in [6.07, 6.45) is -18.9. The maximum Gasteiger partial charge on any atom is 0.408 e. The zero-order valence-electron chi connectivity index (χ0n) is 52.3. The van der Waals surface area contributed by atoms with E-state index in [0.29, 0.717) is 0 Å². The van der Waals surface area contributed by atoms with Crippen LogP contribution in [0.15, 0.2) is 0 Å². The van der Waals surface area contributed by atoms with Crippen LogP contribution < -0.4 is 31.9 Å². The smallest absolute Gasteiger partial charge is 0.408 e. The molecule has 30 heteroatoms. The van der Waals surface area contributed by atoms with E-state index in [1.807, 2.05) is 0 Å². The normalized spacial score (nSPS) is 26.7. The van der Waals surface area contributed by atoms with Gasteiger partial charge in [0, 0.05) is 47.2 Å². The van der Waals surface area contributed by atoms with E-state index in [1.165, 1.54) is 0 Å². The van der Waals surface area contributed by atoms with E-state index in [-0.39, 0.29) is 32.4 Å². The van der Waals surface area contributed by atoms with Gasteiger partial charge in [-0.1, -0.05) is 0 Å². The minimum absolute atomic E-state index is 0.114. The van der Waals surface area contributed by atoms with Gasteiger partial charge in [0.15, 0.2) is 30.9 Å². The van der Waals surface area contributed by atoms with Gasteiger partial charge in [0.05, 0.1) is 29.6 Å². The summed E-state index contributed by atoms with van der Waals surface area (Å²) in [7, 11) is 0. The predicted octanol–water partition coefficient (Wildman–Crippen LogP) is 4.96. The summed E-state index contributed by atoms with van der Waals surface area (Å²) in [4.78, 5) is 132. The molecule has 85 heavy (non-hydrogen) atoms. The summed E-state index contributed by atoms with van der Waals surface area (Å²) in [5.74, 6) is -4.57. The zero-order chi connectivity index (χ0) is 64.7. The second-order valence-corrected chi connectivity index (χ2v) is 26.1. The van der Waals surface area contributed by atoms with Gasteiger partial charge in [-0.15, -0.1) is 11.6 Å². The molecule has 6 unspecified atom stereocenters. The van der Waals surface area contributed by atoms with Crippen LogP contribution in [0, 0.1) is 0 Å². The highest BCUT2D eigenvalue weighted by Crippen LogP contribution is 2.37. The number of nitrogens with one attached hydrogen (secondary N) is 6. The van der Waals surface area contributed by atoms with Gasteiger partial charge in [-0.25, -0.2) is 24.0 Å². The Morgan fingerprint density at radius 1 is 0.494 bits per heavy atom. The molecule has 2 aliphatic heterocycles. The lowest BCUT2D eigenvalue weighted by molar-refractivity contribution is -0.305. The van der Waals surface area contributed by atoms with Crippen molar-refractivity contribution in [2.75, 3.05) is 19.7 Å². The number of amides is 6. The summed E-state index contributed by atoms with van der Waals surface area (Å²) in [6, 6.07) is -5.42. The van der Waals surface area contributed by atoms with Gasteiger partial charge < -0.3 is 93.5 Å². The maximum atomic E-state index is 14.7. The largest absolute Gasteiger partial charge is 0.463 e. The van der Waals surface area contributed by atoms with E-state index in [9.17, 15) is 47.9 Å². The van der Waals surface area contributed by atoms with E-state index in [0.717, 1.165) is 27.7 Å². The fourth-order valence-electron chi connectivity index (χ4n) is 8.77. The Bertz CT molecular complexity index is 2330. The van der Waals surface area contributed by atoms with Crippen LogP contribution in [0.4, 0.5) is 24.0 Å². The molecule has 1 aliphatic carbocycles. The molecule has 1 saturated carbocycles. The molecular formula is C55H91ClN6O23. The first-order valence-corrected chi connectivity index (χ1v) is 28.4. The van der Waals surface area contributed by atoms with Crippen molar-refractivity contribution >= 4 is 71.9 Å². The molecule has 0 aromatic heterocycles. The fourth-order valence-corrected chi connectivity index (χ4v) is 9.24. The van der Waals surface area contributed by atoms with Crippen molar-refractivity contribution in [2.45, 2.75) is 270 Å². The first-order valence-electron chi connectivity index (χ1n) is 28.0. The van der Waals surface area contributed by atoms with Crippen LogP contribution in [0.3, 0.4) is 0 Å². The second-order valence-electron chi connectivity index (χ2n) is 25.6. The third kappa shape index (κ3) is 27.4. The summed E-state index contributed by atoms with van der Waals surface area (Å²) < 4.78 is 76.4. The summed E-state index contributed by atoms with van der Waals surface area (Å²) in [5, 5.41) is 14.5. The molecule has 0 aromatic rings. The Balaban J connectivity index is 2.37. The maximum absolute atomic E-state index is 14.7. The van der Waals surface area contributed by atoms with Crippen molar-refractivity contribution in [3.8, 4) is 0 Å². The molecule has 0 spiro atoms. The average Bonchev–Trinajstić information content (AvgIpc) is 1.40. The van der Waals surface area contributed by atoms with Crippen molar-refractivity contribution in [2.24, 2.45) is 0 Å². The SMILES string of the molecule is CC(=O)OCC1O[C@@H](O[C@H]2C(Cl)C(O[C@@H]3OC(CNC(=O)OC(C)(C)C)CCC3NC(=O)OC(C)(C)C)[C@@H](NC(=O)OC(C)(C)C)C[C@H]2NC(=O)[C@H](CCNC(=O)OC(C)(C)C)OC(C)=O)C(OC(C)=O)[C@@H](NC(=O)OC(C)(C)C)[C@H]1OC(C)=O. The van der Waals surface area contributed by atoms with Gasteiger partial charge in [-0.3, -0.25) is 24.0 Å². The van der Waals surface area contributed by atoms with Gasteiger partial charge in [0.1, 0.15) is 59.0 Å². The number of rotatable bonds is 19. The molecule has 486 valence electrons. The van der Waals surface area contributed by atoms with Crippen LogP contribution in [0.5, 0.6) is 0 Å². The quantitative estimate of drug-likeness (QED) is 0.0565. The monoisotopic (exact) mass is 1240 g/mol. The number of esters is 4. The first kappa shape index (κ1) is 73.1. The Labute approximate surface area is 501 Å². The van der Waals surface area contributed by atoms with Gasteiger partial charge in [-0.2, -0.15) is 0 Å². The summed E-state index contributed by atoms with van der Waals surface area (Å²) >= 11 is 7.66. The highest BCUT2D eigenvalue weighted by atomic mass is 35.5. The van der Waals surface area contributed by atoms with Crippen molar-refractivity contribution < 1.29 is 110 Å². The molecule has 0 bridgehead atoms. The Hall–Kier alpha value is -6.17. The number of alkyl carbamates (subject to hydrolysis) is 5. The zero-order valence-corrected chi connectivity index (χ0v) is 53.1. The van der Waals surface area contributed by atoms with Gasteiger partial charge in [-0.05, 0) is 123 Å². The third-order valence-electron chi connectivity index (χ3n) is 11.6. The first-order chi connectivity index (χ1) is 38.9. The summed E-state index contributed by atoms with van der Waals surface area (Å²) in [6.45, 7) is 27.6. The molecule has 3 rings (SSSR count). The molecule has 6 N–H and O–H groups in total. The molecule has 2 heterocycles. The van der Waals surface area contributed by atoms with Crippen LogP contribution in [0.2, 0.25) is 0 Å². The van der Waals surface area contributed by atoms with E-state index in [2.05, 4.69) is 31.9 Å². The molecular weight excluding hydrogens is 1150 g/mol. The van der Waals surface area contributed by atoms with Crippen LogP contribution >= 0.6 is 11.6 Å². The number of hydrogen-bond acceptors (Lipinski definition) is 23. The molecule has 6 amide bonds. The van der Waals surface area contributed by atoms with Crippen LogP contribution in [0.25, 0.3) is 0 Å². The van der Waals surface area contributed by atoms with E-state index in [4.69, 9.17) is 73.2 Å². The number of hydrogen-bond donors (Lipinski definition) is 6. The third-order valence-corrected chi connectivity index (χ3v) is 12.1. The van der Waals surface area contributed by atoms with Crippen LogP contribution in [-0.4, -0.2) is 193 Å². The number of ether oxygens (including phenoxy) is 13. The lowest BCUT2D eigenvalue weighted by Crippen LogP contribution is -2.70. The van der Waals surface area contributed by atoms with Gasteiger partial charge >= 0.3 is 54.3 Å². The average molecular weight is 1240 g/mol. The van der Waals surface area contributed by atoms with Crippen molar-refractivity contribution in [3.63, 3.8) is 0 Å². The molecule has 3 aliphatic rings. The topological polar surface area (TPSA) is 363 Å². The number of halogens is 1. The van der Waals surface area contributed by atoms with E-state index >= 15 is 0 Å². The lowest BCUT2D eigenvalue weighted by atomic mass is 9.84. The number of carbonyl (C=O) groups is 10. The van der Waals surface area contributed by atoms with Crippen molar-refractivity contribution in [1.29, 1.82) is 0 Å². The van der Waals surface area contributed by atoms with E-state index < -0.39 is 186 Å². The standard InChI is InChI=1S/C55H91ClN6O23/c1-27(63)73-26-36-41(75-29(3)65)38(62-50(72)85-55(17,18)19)42(76-30(4)66)45(78-36)80-39-33(59-43(67)35(74-28(2)64)22-23-57-46(68)81-51(5,6)7)24-34(61-49(71)84-54(14,15)16)40(37(39)56)79-44-32(60-48(70)83-53(11,12)13)21-20-31(77-44)25-58-47(69)82-52(8,9)10/h31-42,44-45H,20-26H2,1-19H3,(H,57,68)(H,58,69)(H,59,67)(H,60,70)(H,61,71)(H,62,72)/t31?,32?,33-,34+,35+,36?,37?,38+,39-,40?,41+,42?,44+,45+/m1/s1. The highest BCUT2D eigenvalue weighted by Gasteiger charge is 2.56. The minimum atomic E-state index is -1.93. The molecule has 0 radical (unpaired) electrons. The van der Waals surface area contributed by atoms with Gasteiger partial charge in [0.2, 0.25) is 0 Å². The molecule has 14 atom stereocenters. The molecule has 3 fully saturated rings. The molecule has 29 nitrogen and oxygen atoms in total. The Morgan fingerprint density at radius 2 is 0.941 bits per heavy atom. The predicted molar refractivity (Wildman–Crippen MR) is 298 cm³/mol. The second kappa shape index (κ2) is 31.0. The Morgan fingerprint density at radius 3 is 1.42 bits per heavy atom. The van der Waals surface area contributed by atoms with Crippen molar-refractivity contribution in [1.82, 2.24) is 31.9 Å². The van der Waals surface area contributed by atoms with Crippen LogP contribution in [0.1, 0.15) is 157 Å². The lowest BCUT2D eigenvalue weighted by Gasteiger charge is -2.50. The number of carbonyl (C=O) groups excluding carboxylic acids is 10. The van der Waals surface area contributed by atoms with Crippen molar-refractivity contribution in [3.05, 3.63) is 0 Å². The van der Waals surface area contributed by atoms with Gasteiger partial charge in [0.25, 0.3) is 5.91 Å². The summed E-state index contributed by atoms with van der Waals surface area (Å²) in [5.41, 5.74) is -4.89. The molecule has 0 aromatic carbocycles. The molecule has 2 saturated heterocycles. The Kier molecular flexibility index (Phi) is 26.6. The van der Waals surface area contributed by atoms with E-state index in [1.54, 1.807) is 104 Å². The van der Waals surface area contributed by atoms with Crippen LogP contribution in [-0.2, 0) is 85.6 Å². The highest BCUT2D eigenvalue weighted by molar-refractivity contribution is 6.21. The number of alkyl halides is 1.